The van der Waals surface area contributed by atoms with Gasteiger partial charge in [0, 0.05) is 12.1 Å². The predicted molar refractivity (Wildman–Crippen MR) is 101 cm³/mol. The van der Waals surface area contributed by atoms with Gasteiger partial charge in [0.25, 0.3) is 11.6 Å². The molecule has 0 spiro atoms. The summed E-state index contributed by atoms with van der Waals surface area (Å²) in [5.41, 5.74) is 1.79. The molecule has 8 heteroatoms. The van der Waals surface area contributed by atoms with Crippen LogP contribution in [0.4, 0.5) is 10.8 Å². The molecule has 1 heterocycles. The number of fused-ring (bicyclic) bond motifs is 1. The normalized spacial score (nSPS) is 10.9. The van der Waals surface area contributed by atoms with Crippen molar-refractivity contribution in [3.8, 4) is 5.75 Å². The predicted octanol–water partition coefficient (Wildman–Crippen LogP) is 4.35. The van der Waals surface area contributed by atoms with Crippen molar-refractivity contribution in [1.82, 2.24) is 4.98 Å². The minimum absolute atomic E-state index is 0.00722. The summed E-state index contributed by atoms with van der Waals surface area (Å²) in [4.78, 5) is 26.6. The van der Waals surface area contributed by atoms with Crippen LogP contribution in [0.15, 0.2) is 42.5 Å². The van der Waals surface area contributed by atoms with Crippen LogP contribution in [-0.2, 0) is 4.79 Å². The van der Waals surface area contributed by atoms with Crippen LogP contribution in [0.25, 0.3) is 10.2 Å². The molecule has 0 saturated carbocycles. The van der Waals surface area contributed by atoms with Crippen LogP contribution in [0.5, 0.6) is 5.75 Å². The Bertz CT molecular complexity index is 951. The van der Waals surface area contributed by atoms with Crippen LogP contribution in [0.2, 0.25) is 0 Å². The zero-order chi connectivity index (χ0) is 18.7. The minimum atomic E-state index is -0.462. The fourth-order valence-electron chi connectivity index (χ4n) is 2.33. The summed E-state index contributed by atoms with van der Waals surface area (Å²) >= 11 is 1.18. The molecule has 0 aliphatic heterocycles. The average Bonchev–Trinajstić information content (AvgIpc) is 3.01. The topological polar surface area (TPSA) is 94.4 Å². The highest BCUT2D eigenvalue weighted by molar-refractivity contribution is 7.22. The monoisotopic (exact) mass is 371 g/mol. The van der Waals surface area contributed by atoms with Crippen molar-refractivity contribution in [2.75, 3.05) is 11.9 Å². The number of thiazole rings is 1. The van der Waals surface area contributed by atoms with Gasteiger partial charge in [0.1, 0.15) is 5.75 Å². The summed E-state index contributed by atoms with van der Waals surface area (Å²) < 4.78 is 6.11. The van der Waals surface area contributed by atoms with Gasteiger partial charge in [-0.1, -0.05) is 37.3 Å². The van der Waals surface area contributed by atoms with Gasteiger partial charge in [0.2, 0.25) is 0 Å². The highest BCUT2D eigenvalue weighted by Crippen LogP contribution is 2.29. The van der Waals surface area contributed by atoms with Gasteiger partial charge in [-0.15, -0.1) is 0 Å². The Morgan fingerprint density at radius 3 is 2.65 bits per heavy atom. The number of nitrogens with zero attached hydrogens (tertiary/aromatic N) is 2. The van der Waals surface area contributed by atoms with E-state index in [-0.39, 0.29) is 18.2 Å². The van der Waals surface area contributed by atoms with Crippen LogP contribution >= 0.6 is 11.3 Å². The van der Waals surface area contributed by atoms with E-state index < -0.39 is 4.92 Å². The van der Waals surface area contributed by atoms with Crippen LogP contribution in [0.1, 0.15) is 25.3 Å². The largest absolute Gasteiger partial charge is 0.484 e. The molecule has 26 heavy (non-hydrogen) atoms. The summed E-state index contributed by atoms with van der Waals surface area (Å²) in [6, 6.07) is 12.0. The molecule has 0 aliphatic rings. The van der Waals surface area contributed by atoms with E-state index in [0.29, 0.717) is 27.0 Å². The van der Waals surface area contributed by atoms with Gasteiger partial charge < -0.3 is 4.74 Å². The fourth-order valence-corrected chi connectivity index (χ4v) is 3.25. The quantitative estimate of drug-likeness (QED) is 0.513. The maximum atomic E-state index is 12.0. The lowest BCUT2D eigenvalue weighted by atomic mass is 10.0. The number of rotatable bonds is 6. The van der Waals surface area contributed by atoms with Gasteiger partial charge >= 0.3 is 0 Å². The number of ether oxygens (including phenoxy) is 1. The average molecular weight is 371 g/mol. The molecule has 3 rings (SSSR count). The summed E-state index contributed by atoms with van der Waals surface area (Å²) in [6.45, 7) is 4.07. The van der Waals surface area contributed by atoms with Crippen LogP contribution in [-0.4, -0.2) is 22.4 Å². The standard InChI is InChI=1S/C18H17N3O4S/c1-11(2)12-3-6-14(7-4-12)25-10-17(22)20-18-19-15-8-5-13(21(23)24)9-16(15)26-18/h3-9,11H,10H2,1-2H3,(H,19,20,22). The molecule has 1 aromatic heterocycles. The first-order valence-electron chi connectivity index (χ1n) is 8.00. The third kappa shape index (κ3) is 4.15. The van der Waals surface area contributed by atoms with Crippen molar-refractivity contribution in [3.63, 3.8) is 0 Å². The lowest BCUT2D eigenvalue weighted by molar-refractivity contribution is -0.384. The Kier molecular flexibility index (Phi) is 5.13. The van der Waals surface area contributed by atoms with Gasteiger partial charge in [-0.05, 0) is 29.7 Å². The number of hydrogen-bond acceptors (Lipinski definition) is 6. The van der Waals surface area contributed by atoms with Crippen LogP contribution in [0, 0.1) is 10.1 Å². The van der Waals surface area contributed by atoms with Gasteiger partial charge in [0.15, 0.2) is 11.7 Å². The molecule has 0 aliphatic carbocycles. The number of aromatic nitrogens is 1. The van der Waals surface area contributed by atoms with Crippen molar-refractivity contribution in [1.29, 1.82) is 0 Å². The van der Waals surface area contributed by atoms with Gasteiger partial charge in [-0.25, -0.2) is 4.98 Å². The number of non-ortho nitro benzene ring substituents is 1. The van der Waals surface area contributed by atoms with Crippen molar-refractivity contribution in [2.45, 2.75) is 19.8 Å². The van der Waals surface area contributed by atoms with Crippen molar-refractivity contribution < 1.29 is 14.5 Å². The third-order valence-electron chi connectivity index (χ3n) is 3.75. The minimum Gasteiger partial charge on any atom is -0.484 e. The molecule has 0 atom stereocenters. The van der Waals surface area contributed by atoms with Gasteiger partial charge in [0.05, 0.1) is 15.1 Å². The number of anilines is 1. The first kappa shape index (κ1) is 17.8. The molecule has 0 radical (unpaired) electrons. The van der Waals surface area contributed by atoms with E-state index >= 15 is 0 Å². The zero-order valence-electron chi connectivity index (χ0n) is 14.3. The first-order valence-corrected chi connectivity index (χ1v) is 8.81. The number of benzene rings is 2. The summed E-state index contributed by atoms with van der Waals surface area (Å²) in [5.74, 6) is 0.707. The van der Waals surface area contributed by atoms with Crippen LogP contribution in [0.3, 0.4) is 0 Å². The fraction of sp³-hybridized carbons (Fsp3) is 0.222. The van der Waals surface area contributed by atoms with E-state index in [4.69, 9.17) is 4.74 Å². The number of amides is 1. The highest BCUT2D eigenvalue weighted by atomic mass is 32.1. The molecular weight excluding hydrogens is 354 g/mol. The summed E-state index contributed by atoms with van der Waals surface area (Å²) in [5, 5.41) is 13.8. The van der Waals surface area contributed by atoms with Crippen molar-refractivity contribution in [3.05, 3.63) is 58.1 Å². The third-order valence-corrected chi connectivity index (χ3v) is 4.68. The molecule has 134 valence electrons. The van der Waals surface area contributed by atoms with Crippen molar-refractivity contribution >= 4 is 38.3 Å². The van der Waals surface area contributed by atoms with E-state index in [1.165, 1.54) is 29.0 Å². The van der Waals surface area contributed by atoms with Crippen molar-refractivity contribution in [2.24, 2.45) is 0 Å². The van der Waals surface area contributed by atoms with E-state index in [9.17, 15) is 14.9 Å². The summed E-state index contributed by atoms with van der Waals surface area (Å²) in [6.07, 6.45) is 0. The molecule has 3 aromatic rings. The number of nitrogens with one attached hydrogen (secondary N) is 1. The molecule has 0 unspecified atom stereocenters. The molecule has 1 amide bonds. The molecule has 7 nitrogen and oxygen atoms in total. The number of nitro groups is 1. The van der Waals surface area contributed by atoms with Crippen LogP contribution < -0.4 is 10.1 Å². The molecule has 0 bridgehead atoms. The zero-order valence-corrected chi connectivity index (χ0v) is 15.1. The molecule has 0 fully saturated rings. The highest BCUT2D eigenvalue weighted by Gasteiger charge is 2.12. The Morgan fingerprint density at radius 1 is 1.27 bits per heavy atom. The maximum absolute atomic E-state index is 12.0. The SMILES string of the molecule is CC(C)c1ccc(OCC(=O)Nc2nc3ccc([N+](=O)[O-])cc3s2)cc1. The molecular formula is C18H17N3O4S. The first-order chi connectivity index (χ1) is 12.4. The Balaban J connectivity index is 1.60. The lowest BCUT2D eigenvalue weighted by Crippen LogP contribution is -2.20. The van der Waals surface area contributed by atoms with E-state index in [1.807, 2.05) is 24.3 Å². The number of hydrogen-bond donors (Lipinski definition) is 1. The number of carbonyl (C=O) groups is 1. The smallest absolute Gasteiger partial charge is 0.270 e. The number of carbonyl (C=O) groups excluding carboxylic acids is 1. The van der Waals surface area contributed by atoms with Gasteiger partial charge in [-0.3, -0.25) is 20.2 Å². The molecule has 2 aromatic carbocycles. The van der Waals surface area contributed by atoms with E-state index in [2.05, 4.69) is 24.1 Å². The Hall–Kier alpha value is -3.00. The second-order valence-electron chi connectivity index (χ2n) is 5.99. The Labute approximate surface area is 153 Å². The maximum Gasteiger partial charge on any atom is 0.270 e. The Morgan fingerprint density at radius 2 is 2.00 bits per heavy atom. The second-order valence-corrected chi connectivity index (χ2v) is 7.02. The van der Waals surface area contributed by atoms with E-state index in [0.717, 1.165) is 0 Å². The number of nitro benzene ring substituents is 1. The second kappa shape index (κ2) is 7.49. The molecule has 0 saturated heterocycles. The van der Waals surface area contributed by atoms with E-state index in [1.54, 1.807) is 6.07 Å². The summed E-state index contributed by atoms with van der Waals surface area (Å²) in [7, 11) is 0. The lowest BCUT2D eigenvalue weighted by Gasteiger charge is -2.08. The molecule has 1 N–H and O–H groups in total. The van der Waals surface area contributed by atoms with Gasteiger partial charge in [-0.2, -0.15) is 0 Å².